The molecule has 11 heavy (non-hydrogen) atoms. The second-order valence-electron chi connectivity index (χ2n) is 2.16. The molecule has 1 heterocycles. The number of hydrogen-bond acceptors (Lipinski definition) is 2. The average molecular weight is 173 g/mol. The third-order valence-electron chi connectivity index (χ3n) is 1.38. The molecule has 1 aromatic heterocycles. The molecule has 0 saturated heterocycles. The van der Waals surface area contributed by atoms with Gasteiger partial charge in [0.15, 0.2) is 5.58 Å². The summed E-state index contributed by atoms with van der Waals surface area (Å²) in [6, 6.07) is 4.96. The summed E-state index contributed by atoms with van der Waals surface area (Å²) in [5.74, 6) is -0.456. The van der Waals surface area contributed by atoms with Crippen molar-refractivity contribution in [2.24, 2.45) is 0 Å². The van der Waals surface area contributed by atoms with Gasteiger partial charge in [-0.2, -0.15) is 0 Å². The molecule has 0 aliphatic rings. The van der Waals surface area contributed by atoms with Gasteiger partial charge in [-0.3, -0.25) is 4.98 Å². The number of nitrogens with one attached hydrogen (secondary N) is 1. The molecule has 1 N–H and O–H groups in total. The molecule has 0 fully saturated rings. The van der Waals surface area contributed by atoms with Crippen LogP contribution in [0.2, 0.25) is 5.02 Å². The first-order chi connectivity index (χ1) is 5.25. The Bertz CT molecular complexity index is 443. The Kier molecular flexibility index (Phi) is 1.26. The lowest BCUT2D eigenvalue weighted by molar-refractivity contribution is 0.555. The summed E-state index contributed by atoms with van der Waals surface area (Å²) < 4.78 is 4.75. The number of aromatic amines is 1. The molecule has 1 aromatic carbocycles. The van der Waals surface area contributed by atoms with Crippen LogP contribution < -0.4 is 5.76 Å². The first kappa shape index (κ1) is 6.49. The number of H-pyrrole nitrogens is 1. The molecule has 3 nitrogen and oxygen atoms in total. The Morgan fingerprint density at radius 3 is 3.09 bits per heavy atom. The molecule has 0 amide bonds. The summed E-state index contributed by atoms with van der Waals surface area (Å²) in [6.07, 6.45) is 0. The van der Waals surface area contributed by atoms with Gasteiger partial charge in [-0.25, -0.2) is 4.79 Å². The molecular formula is C7H4ClNO2. The van der Waals surface area contributed by atoms with E-state index in [1.807, 2.05) is 0 Å². The lowest BCUT2D eigenvalue weighted by atomic mass is 10.3. The van der Waals surface area contributed by atoms with Crippen molar-refractivity contribution in [2.45, 2.75) is 0 Å². The van der Waals surface area contributed by atoms with Crippen molar-refractivity contribution in [3.05, 3.63) is 33.8 Å². The van der Waals surface area contributed by atoms with E-state index in [9.17, 15) is 4.79 Å². The molecule has 0 saturated carbocycles. The van der Waals surface area contributed by atoms with Gasteiger partial charge in [0.1, 0.15) is 0 Å². The third-order valence-corrected chi connectivity index (χ3v) is 1.62. The normalized spacial score (nSPS) is 10.6. The van der Waals surface area contributed by atoms with Gasteiger partial charge in [-0.15, -0.1) is 0 Å². The number of oxazole rings is 1. The minimum absolute atomic E-state index is 0.456. The Morgan fingerprint density at radius 1 is 1.45 bits per heavy atom. The quantitative estimate of drug-likeness (QED) is 0.616. The predicted molar refractivity (Wildman–Crippen MR) is 41.8 cm³/mol. The monoisotopic (exact) mass is 172 g/mol. The van der Waals surface area contributed by atoms with Gasteiger partial charge in [0.2, 0.25) is 0 Å². The highest BCUT2D eigenvalue weighted by Gasteiger charge is 1.99. The standard InChI is InChI=1S/C7H4ClNO2/c8-4-1-2-6-5(3-4)9-7(10)11-6/h1-3H,(H,9,10)/i7+1,10+2. The van der Waals surface area contributed by atoms with E-state index in [2.05, 4.69) is 4.98 Å². The molecule has 4 heteroatoms. The molecule has 0 aliphatic carbocycles. The zero-order valence-electron chi connectivity index (χ0n) is 5.43. The van der Waals surface area contributed by atoms with Crippen LogP contribution in [-0.4, -0.2) is 4.98 Å². The van der Waals surface area contributed by atoms with Crippen molar-refractivity contribution in [3.8, 4) is 0 Å². The van der Waals surface area contributed by atoms with Gasteiger partial charge in [-0.05, 0) is 18.2 Å². The van der Waals surface area contributed by atoms with Crippen molar-refractivity contribution in [1.82, 2.24) is 4.98 Å². The number of benzene rings is 1. The predicted octanol–water partition coefficient (Wildman–Crippen LogP) is 1.77. The smallest absolute Gasteiger partial charge is 0.408 e. The van der Waals surface area contributed by atoms with Crippen LogP contribution in [0.15, 0.2) is 27.4 Å². The molecule has 0 atom stereocenters. The van der Waals surface area contributed by atoms with E-state index in [4.69, 9.17) is 16.0 Å². The summed E-state index contributed by atoms with van der Waals surface area (Å²) in [4.78, 5) is 13.1. The highest BCUT2D eigenvalue weighted by molar-refractivity contribution is 6.31. The molecule has 2 aromatic rings. The fourth-order valence-corrected chi connectivity index (χ4v) is 1.10. The fourth-order valence-electron chi connectivity index (χ4n) is 0.924. The van der Waals surface area contributed by atoms with Crippen LogP contribution in [-0.2, 0) is 0 Å². The topological polar surface area (TPSA) is 46.0 Å². The van der Waals surface area contributed by atoms with Crippen LogP contribution in [0.25, 0.3) is 11.1 Å². The van der Waals surface area contributed by atoms with Crippen molar-refractivity contribution in [3.63, 3.8) is 0 Å². The maximum absolute atomic E-state index is 10.6. The van der Waals surface area contributed by atoms with Gasteiger partial charge in [0.05, 0.1) is 5.52 Å². The van der Waals surface area contributed by atoms with Crippen LogP contribution in [0.5, 0.6) is 0 Å². The second kappa shape index (κ2) is 2.13. The molecule has 2 rings (SSSR count). The number of aromatic nitrogens is 1. The summed E-state index contributed by atoms with van der Waals surface area (Å²) in [5, 5.41) is 0.578. The van der Waals surface area contributed by atoms with Crippen molar-refractivity contribution < 1.29 is 4.42 Å². The fraction of sp³-hybridized carbons (Fsp3) is 0. The lowest BCUT2D eigenvalue weighted by Crippen LogP contribution is -1.92. The van der Waals surface area contributed by atoms with E-state index in [0.29, 0.717) is 16.1 Å². The number of hydrogen-bond donors (Lipinski definition) is 1. The van der Waals surface area contributed by atoms with Crippen LogP contribution in [0.1, 0.15) is 0 Å². The van der Waals surface area contributed by atoms with Crippen LogP contribution >= 0.6 is 11.6 Å². The number of fused-ring (bicyclic) bond motifs is 1. The van der Waals surface area contributed by atoms with Gasteiger partial charge in [0, 0.05) is 5.02 Å². The second-order valence-corrected chi connectivity index (χ2v) is 2.59. The maximum atomic E-state index is 10.6. The lowest BCUT2D eigenvalue weighted by Gasteiger charge is -1.86. The van der Waals surface area contributed by atoms with Crippen molar-refractivity contribution in [1.29, 1.82) is 0 Å². The van der Waals surface area contributed by atoms with E-state index < -0.39 is 5.76 Å². The zero-order valence-corrected chi connectivity index (χ0v) is 6.18. The van der Waals surface area contributed by atoms with E-state index in [1.165, 1.54) is 0 Å². The molecule has 0 spiro atoms. The van der Waals surface area contributed by atoms with E-state index >= 15 is 0 Å². The molecule has 0 aliphatic heterocycles. The van der Waals surface area contributed by atoms with Crippen LogP contribution in [0.3, 0.4) is 0 Å². The zero-order chi connectivity index (χ0) is 7.84. The molecule has 0 bridgehead atoms. The van der Waals surface area contributed by atoms with E-state index in [0.717, 1.165) is 0 Å². The van der Waals surface area contributed by atoms with Crippen LogP contribution in [0.4, 0.5) is 0 Å². The van der Waals surface area contributed by atoms with Gasteiger partial charge in [-0.1, -0.05) is 11.6 Å². The molecule has 56 valence electrons. The molecule has 0 radical (unpaired) electrons. The largest absolute Gasteiger partial charge is 0.417 e. The minimum atomic E-state index is -0.456. The van der Waals surface area contributed by atoms with Crippen LogP contribution in [0, 0.1) is 0 Å². The highest BCUT2D eigenvalue weighted by atomic mass is 35.5. The highest BCUT2D eigenvalue weighted by Crippen LogP contribution is 2.15. The Morgan fingerprint density at radius 2 is 2.27 bits per heavy atom. The Hall–Kier alpha value is -1.22. The molecule has 0 unspecified atom stereocenters. The Balaban J connectivity index is 2.92. The van der Waals surface area contributed by atoms with Crippen molar-refractivity contribution >= 4 is 22.7 Å². The van der Waals surface area contributed by atoms with E-state index in [1.54, 1.807) is 18.2 Å². The van der Waals surface area contributed by atoms with E-state index in [-0.39, 0.29) is 0 Å². The summed E-state index contributed by atoms with van der Waals surface area (Å²) in [5.41, 5.74) is 1.15. The van der Waals surface area contributed by atoms with Gasteiger partial charge in [0.25, 0.3) is 0 Å². The summed E-state index contributed by atoms with van der Waals surface area (Å²) >= 11 is 5.66. The average Bonchev–Trinajstić information content (AvgIpc) is 2.27. The Labute approximate surface area is 66.6 Å². The first-order valence-electron chi connectivity index (χ1n) is 3.04. The number of halogens is 1. The number of rotatable bonds is 0. The van der Waals surface area contributed by atoms with Crippen molar-refractivity contribution in [2.75, 3.05) is 0 Å². The third kappa shape index (κ3) is 1.03. The van der Waals surface area contributed by atoms with Gasteiger partial charge >= 0.3 is 5.76 Å². The maximum Gasteiger partial charge on any atom is 0.417 e. The summed E-state index contributed by atoms with van der Waals surface area (Å²) in [7, 11) is 0. The molecular weight excluding hydrogens is 169 g/mol. The minimum Gasteiger partial charge on any atom is -0.408 e. The summed E-state index contributed by atoms with van der Waals surface area (Å²) in [6.45, 7) is 0. The SMILES string of the molecule is [18O]=[13c]1[nH]c2cc(Cl)ccc2o1. The first-order valence-corrected chi connectivity index (χ1v) is 3.42. The van der Waals surface area contributed by atoms with Gasteiger partial charge < -0.3 is 4.42 Å².